The summed E-state index contributed by atoms with van der Waals surface area (Å²) < 4.78 is 16.9. The smallest absolute Gasteiger partial charge is 0.262 e. The molecule has 2 heterocycles. The van der Waals surface area contributed by atoms with Crippen molar-refractivity contribution in [1.29, 1.82) is 0 Å². The van der Waals surface area contributed by atoms with Gasteiger partial charge in [0.25, 0.3) is 11.8 Å². The van der Waals surface area contributed by atoms with Gasteiger partial charge in [0.2, 0.25) is 0 Å². The van der Waals surface area contributed by atoms with Crippen LogP contribution in [0.1, 0.15) is 22.8 Å². The summed E-state index contributed by atoms with van der Waals surface area (Å²) in [5, 5.41) is 5.54. The first kappa shape index (κ1) is 20.2. The minimum Gasteiger partial charge on any atom is -0.490 e. The number of nitrogens with zero attached hydrogens (tertiary/aromatic N) is 1. The van der Waals surface area contributed by atoms with E-state index in [1.165, 1.54) is 0 Å². The van der Waals surface area contributed by atoms with Gasteiger partial charge in [-0.15, -0.1) is 0 Å². The highest BCUT2D eigenvalue weighted by atomic mass is 16.5. The molecule has 1 aliphatic rings. The lowest BCUT2D eigenvalue weighted by Crippen LogP contribution is -2.25. The minimum atomic E-state index is -0.315. The molecule has 31 heavy (non-hydrogen) atoms. The predicted molar refractivity (Wildman–Crippen MR) is 115 cm³/mol. The topological polar surface area (TPSA) is 98.8 Å². The molecular formula is C23H21N3O5. The maximum Gasteiger partial charge on any atom is 0.262 e. The molecule has 2 amide bonds. The third kappa shape index (κ3) is 4.92. The van der Waals surface area contributed by atoms with Crippen LogP contribution in [0.2, 0.25) is 0 Å². The lowest BCUT2D eigenvalue weighted by atomic mass is 10.1. The molecular weight excluding hydrogens is 398 g/mol. The molecule has 0 bridgehead atoms. The van der Waals surface area contributed by atoms with Crippen molar-refractivity contribution in [3.05, 3.63) is 72.1 Å². The molecule has 0 fully saturated rings. The van der Waals surface area contributed by atoms with Crippen LogP contribution in [0.5, 0.6) is 17.2 Å². The number of carbonyl (C=O) groups excluding carboxylic acids is 2. The molecule has 0 spiro atoms. The molecule has 4 rings (SSSR count). The third-order valence-corrected chi connectivity index (χ3v) is 4.52. The second-order valence-corrected chi connectivity index (χ2v) is 6.74. The molecule has 8 nitrogen and oxygen atoms in total. The van der Waals surface area contributed by atoms with E-state index >= 15 is 0 Å². The highest BCUT2D eigenvalue weighted by Gasteiger charge is 2.17. The van der Waals surface area contributed by atoms with E-state index in [0.29, 0.717) is 47.4 Å². The largest absolute Gasteiger partial charge is 0.490 e. The van der Waals surface area contributed by atoms with Crippen molar-refractivity contribution in [3.63, 3.8) is 0 Å². The first-order chi connectivity index (χ1) is 15.1. The summed E-state index contributed by atoms with van der Waals surface area (Å²) in [7, 11) is 0. The third-order valence-electron chi connectivity index (χ3n) is 4.52. The van der Waals surface area contributed by atoms with Crippen molar-refractivity contribution < 1.29 is 23.8 Å². The van der Waals surface area contributed by atoms with Gasteiger partial charge in [0.05, 0.1) is 12.3 Å². The van der Waals surface area contributed by atoms with Gasteiger partial charge in [-0.05, 0) is 61.0 Å². The van der Waals surface area contributed by atoms with Crippen LogP contribution in [0, 0.1) is 0 Å². The zero-order valence-corrected chi connectivity index (χ0v) is 16.9. The zero-order chi connectivity index (χ0) is 21.6. The van der Waals surface area contributed by atoms with Crippen LogP contribution in [-0.2, 0) is 11.4 Å². The van der Waals surface area contributed by atoms with Gasteiger partial charge < -0.3 is 24.8 Å². The van der Waals surface area contributed by atoms with Gasteiger partial charge in [-0.1, -0.05) is 0 Å². The molecule has 2 aromatic carbocycles. The van der Waals surface area contributed by atoms with Gasteiger partial charge in [-0.25, -0.2) is 0 Å². The van der Waals surface area contributed by atoms with Crippen LogP contribution in [0.15, 0.2) is 60.9 Å². The number of carbonyl (C=O) groups is 2. The van der Waals surface area contributed by atoms with Crippen LogP contribution in [0.4, 0.5) is 11.4 Å². The van der Waals surface area contributed by atoms with Gasteiger partial charge in [0.15, 0.2) is 18.1 Å². The Kier molecular flexibility index (Phi) is 5.98. The number of hydrogen-bond acceptors (Lipinski definition) is 6. The second-order valence-electron chi connectivity index (χ2n) is 6.74. The number of amides is 2. The van der Waals surface area contributed by atoms with E-state index in [-0.39, 0.29) is 18.4 Å². The second kappa shape index (κ2) is 9.17. The number of pyridine rings is 1. The summed E-state index contributed by atoms with van der Waals surface area (Å²) in [5.74, 6) is 1.04. The molecule has 1 aromatic heterocycles. The molecule has 158 valence electrons. The highest BCUT2D eigenvalue weighted by molar-refractivity contribution is 6.05. The average molecular weight is 419 g/mol. The number of benzene rings is 2. The predicted octanol–water partition coefficient (Wildman–Crippen LogP) is 3.64. The fraction of sp³-hybridized carbons (Fsp3) is 0.174. The van der Waals surface area contributed by atoms with Crippen molar-refractivity contribution >= 4 is 23.2 Å². The van der Waals surface area contributed by atoms with Gasteiger partial charge in [-0.3, -0.25) is 14.6 Å². The molecule has 0 saturated heterocycles. The van der Waals surface area contributed by atoms with Gasteiger partial charge >= 0.3 is 0 Å². The maximum absolute atomic E-state index is 12.8. The molecule has 0 saturated carbocycles. The zero-order valence-electron chi connectivity index (χ0n) is 16.9. The first-order valence-electron chi connectivity index (χ1n) is 9.79. The number of aromatic nitrogens is 1. The number of rotatable bonds is 7. The molecule has 0 aliphatic carbocycles. The Morgan fingerprint density at radius 2 is 1.94 bits per heavy atom. The molecule has 1 aliphatic heterocycles. The number of nitrogens with one attached hydrogen (secondary N) is 2. The Morgan fingerprint density at radius 3 is 2.74 bits per heavy atom. The number of anilines is 2. The van der Waals surface area contributed by atoms with Gasteiger partial charge in [-0.2, -0.15) is 0 Å². The molecule has 0 unspecified atom stereocenters. The van der Waals surface area contributed by atoms with Crippen LogP contribution < -0.4 is 24.8 Å². The van der Waals surface area contributed by atoms with Crippen molar-refractivity contribution in [2.45, 2.75) is 13.5 Å². The average Bonchev–Trinajstić information content (AvgIpc) is 2.79. The lowest BCUT2D eigenvalue weighted by molar-refractivity contribution is -0.118. The Labute approximate surface area is 179 Å². The van der Waals surface area contributed by atoms with Crippen LogP contribution in [-0.4, -0.2) is 30.0 Å². The number of ether oxygens (including phenoxy) is 3. The number of fused-ring (bicyclic) bond motifs is 1. The van der Waals surface area contributed by atoms with Crippen molar-refractivity contribution in [3.8, 4) is 17.2 Å². The molecule has 2 N–H and O–H groups in total. The fourth-order valence-corrected chi connectivity index (χ4v) is 3.04. The van der Waals surface area contributed by atoms with Crippen molar-refractivity contribution in [2.75, 3.05) is 23.8 Å². The Hall–Kier alpha value is -4.07. The van der Waals surface area contributed by atoms with Crippen molar-refractivity contribution in [2.24, 2.45) is 0 Å². The monoisotopic (exact) mass is 419 g/mol. The molecule has 3 aromatic rings. The van der Waals surface area contributed by atoms with Crippen LogP contribution in [0.3, 0.4) is 0 Å². The van der Waals surface area contributed by atoms with E-state index in [1.807, 2.05) is 19.1 Å². The fourth-order valence-electron chi connectivity index (χ4n) is 3.04. The maximum atomic E-state index is 12.8. The summed E-state index contributed by atoms with van der Waals surface area (Å²) in [4.78, 5) is 28.3. The molecule has 8 heteroatoms. The lowest BCUT2D eigenvalue weighted by Gasteiger charge is -2.18. The Morgan fingerprint density at radius 1 is 1.10 bits per heavy atom. The van der Waals surface area contributed by atoms with E-state index in [2.05, 4.69) is 15.6 Å². The number of hydrogen-bond donors (Lipinski definition) is 2. The van der Waals surface area contributed by atoms with Gasteiger partial charge in [0, 0.05) is 23.6 Å². The summed E-state index contributed by atoms with van der Waals surface area (Å²) in [6, 6.07) is 13.8. The van der Waals surface area contributed by atoms with Gasteiger partial charge in [0.1, 0.15) is 12.4 Å². The van der Waals surface area contributed by atoms with E-state index < -0.39 is 0 Å². The Balaban J connectivity index is 1.48. The Bertz CT molecular complexity index is 1100. The SMILES string of the molecule is CCOc1cc(C(=O)Nc2ccc3c(c2)NC(=O)CO3)ccc1OCc1ccncc1. The van der Waals surface area contributed by atoms with E-state index in [1.54, 1.807) is 48.8 Å². The summed E-state index contributed by atoms with van der Waals surface area (Å²) in [6.07, 6.45) is 3.40. The van der Waals surface area contributed by atoms with E-state index in [4.69, 9.17) is 14.2 Å². The van der Waals surface area contributed by atoms with Crippen LogP contribution >= 0.6 is 0 Å². The van der Waals surface area contributed by atoms with E-state index in [0.717, 1.165) is 5.56 Å². The van der Waals surface area contributed by atoms with Crippen LogP contribution in [0.25, 0.3) is 0 Å². The summed E-state index contributed by atoms with van der Waals surface area (Å²) in [6.45, 7) is 2.63. The normalized spacial score (nSPS) is 12.2. The standard InChI is InChI=1S/C23H21N3O5/c1-2-29-21-11-16(3-5-20(21)30-13-15-7-9-24-10-8-15)23(28)25-17-4-6-19-18(12-17)26-22(27)14-31-19/h3-12H,2,13-14H2,1H3,(H,25,28)(H,26,27). The van der Waals surface area contributed by atoms with E-state index in [9.17, 15) is 9.59 Å². The summed E-state index contributed by atoms with van der Waals surface area (Å²) >= 11 is 0. The minimum absolute atomic E-state index is 0.0194. The summed E-state index contributed by atoms with van der Waals surface area (Å²) in [5.41, 5.74) is 2.44. The molecule has 0 radical (unpaired) electrons. The quantitative estimate of drug-likeness (QED) is 0.607. The molecule has 0 atom stereocenters. The first-order valence-corrected chi connectivity index (χ1v) is 9.79. The highest BCUT2D eigenvalue weighted by Crippen LogP contribution is 2.32. The van der Waals surface area contributed by atoms with Crippen molar-refractivity contribution in [1.82, 2.24) is 4.98 Å².